The van der Waals surface area contributed by atoms with E-state index in [4.69, 9.17) is 0 Å². The average molecular weight is 385 g/mol. The van der Waals surface area contributed by atoms with Crippen LogP contribution in [0.15, 0.2) is 18.7 Å². The molecule has 1 saturated heterocycles. The second-order valence-electron chi connectivity index (χ2n) is 7.79. The fourth-order valence-corrected chi connectivity index (χ4v) is 4.36. The number of hydrogen-bond donors (Lipinski definition) is 0. The van der Waals surface area contributed by atoms with Crippen LogP contribution < -0.4 is 0 Å². The van der Waals surface area contributed by atoms with Crippen LogP contribution in [0.3, 0.4) is 0 Å². The molecule has 0 bridgehead atoms. The normalized spacial score (nSPS) is 22.9. The largest absolute Gasteiger partial charge is 0.345 e. The third-order valence-corrected chi connectivity index (χ3v) is 5.97. The molecule has 0 N–H and O–H groups in total. The number of aryl methyl sites for hydroxylation is 1. The van der Waals surface area contributed by atoms with E-state index >= 15 is 0 Å². The first-order valence-corrected chi connectivity index (χ1v) is 9.77. The molecule has 1 aliphatic heterocycles. The Labute approximate surface area is 165 Å². The van der Waals surface area contributed by atoms with Crippen molar-refractivity contribution in [1.82, 2.24) is 14.4 Å². The molecule has 1 aromatic rings. The number of aromatic nitrogens is 1. The summed E-state index contributed by atoms with van der Waals surface area (Å²) in [6, 6.07) is 0.812. The van der Waals surface area contributed by atoms with Gasteiger partial charge >= 0.3 is 17.8 Å². The first-order chi connectivity index (χ1) is 13.3. The highest BCUT2D eigenvalue weighted by Gasteiger charge is 2.49. The summed E-state index contributed by atoms with van der Waals surface area (Å²) >= 11 is 0. The van der Waals surface area contributed by atoms with E-state index in [0.29, 0.717) is 18.5 Å². The molecule has 28 heavy (non-hydrogen) atoms. The quantitative estimate of drug-likeness (QED) is 0.326. The number of imide groups is 2. The molecular weight excluding hydrogens is 358 g/mol. The zero-order chi connectivity index (χ0) is 20.6. The highest BCUT2D eigenvalue weighted by Crippen LogP contribution is 2.31. The maximum Gasteiger partial charge on any atom is 0.334 e. The predicted molar refractivity (Wildman–Crippen MR) is 104 cm³/mol. The van der Waals surface area contributed by atoms with E-state index in [1.807, 2.05) is 25.3 Å². The van der Waals surface area contributed by atoms with Gasteiger partial charge in [-0.3, -0.25) is 19.3 Å². The highest BCUT2D eigenvalue weighted by molar-refractivity contribution is 6.45. The number of ketones is 1. The van der Waals surface area contributed by atoms with Gasteiger partial charge < -0.3 is 4.57 Å². The van der Waals surface area contributed by atoms with Gasteiger partial charge in [-0.1, -0.05) is 25.8 Å². The zero-order valence-electron chi connectivity index (χ0n) is 16.7. The molecule has 150 valence electrons. The summed E-state index contributed by atoms with van der Waals surface area (Å²) in [5, 5.41) is 0. The summed E-state index contributed by atoms with van der Waals surface area (Å²) in [4.78, 5) is 52.5. The number of hydrogen-bond acceptors (Lipinski definition) is 4. The van der Waals surface area contributed by atoms with Crippen molar-refractivity contribution in [2.24, 2.45) is 5.92 Å². The van der Waals surface area contributed by atoms with Crippen molar-refractivity contribution < 1.29 is 19.2 Å². The summed E-state index contributed by atoms with van der Waals surface area (Å²) in [6.45, 7) is 9.57. The Kier molecular flexibility index (Phi) is 5.54. The van der Waals surface area contributed by atoms with E-state index < -0.39 is 24.4 Å². The number of carbonyl (C=O) groups excluding carboxylic acids is 4. The minimum atomic E-state index is -0.906. The summed E-state index contributed by atoms with van der Waals surface area (Å²) in [6.07, 6.45) is 5.35. The van der Waals surface area contributed by atoms with E-state index in [1.54, 1.807) is 12.1 Å². The van der Waals surface area contributed by atoms with Gasteiger partial charge in [-0.2, -0.15) is 0 Å². The lowest BCUT2D eigenvalue weighted by atomic mass is 9.85. The molecule has 0 aromatic carbocycles. The summed E-state index contributed by atoms with van der Waals surface area (Å²) in [5.74, 6) is -1.91. The Hall–Kier alpha value is -2.70. The van der Waals surface area contributed by atoms with Crippen LogP contribution in [0, 0.1) is 19.8 Å². The van der Waals surface area contributed by atoms with Gasteiger partial charge in [0, 0.05) is 29.5 Å². The molecule has 7 heteroatoms. The van der Waals surface area contributed by atoms with Crippen molar-refractivity contribution in [1.29, 1.82) is 0 Å². The fourth-order valence-electron chi connectivity index (χ4n) is 4.36. The van der Waals surface area contributed by atoms with Crippen molar-refractivity contribution in [2.75, 3.05) is 6.54 Å². The molecule has 2 fully saturated rings. The van der Waals surface area contributed by atoms with Gasteiger partial charge in [0.15, 0.2) is 5.78 Å². The second-order valence-corrected chi connectivity index (χ2v) is 7.79. The second kappa shape index (κ2) is 7.73. The van der Waals surface area contributed by atoms with Crippen LogP contribution in [0.4, 0.5) is 4.79 Å². The number of nitrogens with zero attached hydrogens (tertiary/aromatic N) is 3. The number of allylic oxidation sites excluding steroid dienone is 1. The Bertz CT molecular complexity index is 854. The number of urea groups is 1. The molecule has 1 aliphatic carbocycles. The first kappa shape index (κ1) is 20.0. The van der Waals surface area contributed by atoms with E-state index in [2.05, 4.69) is 6.58 Å². The molecule has 1 saturated carbocycles. The number of carbonyl (C=O) groups is 4. The molecule has 1 aromatic heterocycles. The van der Waals surface area contributed by atoms with Gasteiger partial charge in [-0.15, -0.1) is 6.58 Å². The first-order valence-electron chi connectivity index (χ1n) is 9.77. The van der Waals surface area contributed by atoms with Crippen LogP contribution in [0.25, 0.3) is 0 Å². The van der Waals surface area contributed by atoms with E-state index in [1.165, 1.54) is 0 Å². The van der Waals surface area contributed by atoms with Crippen molar-refractivity contribution in [3.63, 3.8) is 0 Å². The van der Waals surface area contributed by atoms with Crippen molar-refractivity contribution in [2.45, 2.75) is 59.0 Å². The lowest BCUT2D eigenvalue weighted by Crippen LogP contribution is -2.46. The Morgan fingerprint density at radius 2 is 1.86 bits per heavy atom. The summed E-state index contributed by atoms with van der Waals surface area (Å²) in [7, 11) is 0. The lowest BCUT2D eigenvalue weighted by Gasteiger charge is -2.34. The van der Waals surface area contributed by atoms with Gasteiger partial charge in [0.05, 0.1) is 6.54 Å². The molecule has 0 radical (unpaired) electrons. The third kappa shape index (κ3) is 3.30. The summed E-state index contributed by atoms with van der Waals surface area (Å²) < 4.78 is 1.94. The number of rotatable bonds is 6. The van der Waals surface area contributed by atoms with Crippen LogP contribution in [-0.4, -0.2) is 50.6 Å². The average Bonchev–Trinajstić information content (AvgIpc) is 3.05. The fraction of sp³-hybridized carbons (Fsp3) is 0.524. The predicted octanol–water partition coefficient (Wildman–Crippen LogP) is 2.84. The van der Waals surface area contributed by atoms with Crippen LogP contribution >= 0.6 is 0 Å². The van der Waals surface area contributed by atoms with Gasteiger partial charge in [-0.05, 0) is 38.7 Å². The molecule has 0 spiro atoms. The molecule has 4 amide bonds. The smallest absolute Gasteiger partial charge is 0.334 e. The minimum absolute atomic E-state index is 0.155. The monoisotopic (exact) mass is 385 g/mol. The molecule has 0 unspecified atom stereocenters. The molecule has 2 aliphatic rings. The standard InChI is InChI=1S/C21H27N3O4/c1-5-10-22-14(3)11-16(15(22)4)18(25)12-23-19(26)20(27)24(21(23)28)17-9-7-6-8-13(17)2/h5,11,13,17H,1,6-10,12H2,2-4H3/t13-,17-/m0/s1. The van der Waals surface area contributed by atoms with E-state index in [-0.39, 0.29) is 17.7 Å². The van der Waals surface area contributed by atoms with Crippen molar-refractivity contribution >= 4 is 23.6 Å². The van der Waals surface area contributed by atoms with Crippen LogP contribution in [0.1, 0.15) is 54.4 Å². The zero-order valence-corrected chi connectivity index (χ0v) is 16.7. The molecular formula is C21H27N3O4. The Morgan fingerprint density at radius 3 is 2.50 bits per heavy atom. The summed E-state index contributed by atoms with van der Waals surface area (Å²) in [5.41, 5.74) is 2.11. The maximum absolute atomic E-state index is 12.8. The lowest BCUT2D eigenvalue weighted by molar-refractivity contribution is -0.144. The van der Waals surface area contributed by atoms with Gasteiger partial charge in [0.2, 0.25) is 0 Å². The van der Waals surface area contributed by atoms with Crippen LogP contribution in [-0.2, 0) is 16.1 Å². The van der Waals surface area contributed by atoms with Gasteiger partial charge in [-0.25, -0.2) is 9.69 Å². The third-order valence-electron chi connectivity index (χ3n) is 5.97. The number of amides is 4. The van der Waals surface area contributed by atoms with Gasteiger partial charge in [0.1, 0.15) is 0 Å². The Balaban J connectivity index is 1.81. The van der Waals surface area contributed by atoms with E-state index in [0.717, 1.165) is 40.5 Å². The SMILES string of the molecule is C=CCn1c(C)cc(C(=O)CN2C(=O)C(=O)N([C@H]3CCCC[C@@H]3C)C2=O)c1C. The molecule has 3 rings (SSSR count). The van der Waals surface area contributed by atoms with Gasteiger partial charge in [0.25, 0.3) is 0 Å². The van der Waals surface area contributed by atoms with Crippen molar-refractivity contribution in [3.05, 3.63) is 35.7 Å². The minimum Gasteiger partial charge on any atom is -0.345 e. The van der Waals surface area contributed by atoms with E-state index in [9.17, 15) is 19.2 Å². The topological polar surface area (TPSA) is 79.7 Å². The number of Topliss-reactive ketones (excluding diaryl/α,β-unsaturated/α-hetero) is 1. The van der Waals surface area contributed by atoms with Crippen LogP contribution in [0.2, 0.25) is 0 Å². The van der Waals surface area contributed by atoms with Crippen LogP contribution in [0.5, 0.6) is 0 Å². The Morgan fingerprint density at radius 1 is 1.18 bits per heavy atom. The molecule has 2 atom stereocenters. The van der Waals surface area contributed by atoms with Crippen molar-refractivity contribution in [3.8, 4) is 0 Å². The highest BCUT2D eigenvalue weighted by atomic mass is 16.2. The molecule has 7 nitrogen and oxygen atoms in total. The molecule has 2 heterocycles. The maximum atomic E-state index is 12.8.